The topological polar surface area (TPSA) is 99.8 Å². The van der Waals surface area contributed by atoms with Crippen LogP contribution in [0.2, 0.25) is 39.3 Å². The number of allylic oxidation sites excluding steroid dienone is 2. The lowest BCUT2D eigenvalue weighted by Gasteiger charge is -2.26. The monoisotopic (exact) mass is 831 g/mol. The summed E-state index contributed by atoms with van der Waals surface area (Å²) >= 11 is 0. The second kappa shape index (κ2) is 12.3. The average molecular weight is 832 g/mol. The summed E-state index contributed by atoms with van der Waals surface area (Å²) in [6.45, 7) is 13.2. The Kier molecular flexibility index (Phi) is 7.32. The highest BCUT2D eigenvalue weighted by molar-refractivity contribution is 6.75. The molecule has 5 aliphatic rings. The van der Waals surface area contributed by atoms with Gasteiger partial charge in [0.1, 0.15) is 23.0 Å². The van der Waals surface area contributed by atoms with Crippen LogP contribution in [0.4, 0.5) is 17.1 Å². The van der Waals surface area contributed by atoms with Crippen molar-refractivity contribution in [1.29, 1.82) is 0 Å². The van der Waals surface area contributed by atoms with E-state index in [2.05, 4.69) is 159 Å². The van der Waals surface area contributed by atoms with E-state index in [1.807, 2.05) is 12.1 Å². The van der Waals surface area contributed by atoms with Crippen LogP contribution >= 0.6 is 0 Å². The molecule has 7 aromatic rings. The van der Waals surface area contributed by atoms with E-state index in [-0.39, 0.29) is 12.0 Å². The second-order valence-electron chi connectivity index (χ2n) is 17.7. The normalized spacial score (nSPS) is 20.0. The summed E-state index contributed by atoms with van der Waals surface area (Å²) in [5.41, 5.74) is 10.1. The van der Waals surface area contributed by atoms with Gasteiger partial charge in [0, 0.05) is 33.4 Å². The van der Waals surface area contributed by atoms with E-state index in [1.54, 1.807) is 0 Å². The van der Waals surface area contributed by atoms with Crippen molar-refractivity contribution in [1.82, 2.24) is 0 Å². The summed E-state index contributed by atoms with van der Waals surface area (Å²) in [7, 11) is -7.08. The fourth-order valence-corrected chi connectivity index (χ4v) is 14.3. The Bertz CT molecular complexity index is 3560. The standard InChI is InChI=1S/C48H41N7O2Si3/c1-58(2)49-36-14-11-15-37(46(36)52-58)55(38-22-20-30(44-47(38)53-59(3,4)50-44)28-18-24-42-34(26-28)32-12-7-9-16-40(32)56-42)39-23-21-31(45-48(39)54-60(5,6)51-45)29-19-25-43-35(27-29)33-13-8-10-17-41(33)57-43/h7-27,32,40H,1-6H3. The van der Waals surface area contributed by atoms with Crippen molar-refractivity contribution in [3.8, 4) is 28.0 Å². The molecule has 0 bridgehead atoms. The molecule has 9 nitrogen and oxygen atoms in total. The molecule has 0 saturated carbocycles. The van der Waals surface area contributed by atoms with Crippen LogP contribution < -0.4 is 41.8 Å². The second-order valence-corrected chi connectivity index (χ2v) is 28.0. The molecule has 0 amide bonds. The maximum absolute atomic E-state index is 6.34. The van der Waals surface area contributed by atoms with Gasteiger partial charge < -0.3 is 14.1 Å². The summed E-state index contributed by atoms with van der Waals surface area (Å²) < 4.78 is 45.0. The molecule has 2 unspecified atom stereocenters. The Hall–Kier alpha value is -6.35. The number of anilines is 3. The van der Waals surface area contributed by atoms with Gasteiger partial charge in [0.05, 0.1) is 49.2 Å². The van der Waals surface area contributed by atoms with E-state index in [0.29, 0.717) is 0 Å². The molecule has 2 atom stereocenters. The van der Waals surface area contributed by atoms with Crippen LogP contribution in [0, 0.1) is 0 Å². The first-order chi connectivity index (χ1) is 28.9. The minimum absolute atomic E-state index is 0.0254. The highest BCUT2D eigenvalue weighted by atomic mass is 28.4. The summed E-state index contributed by atoms with van der Waals surface area (Å²) in [5.74, 6) is 1.13. The van der Waals surface area contributed by atoms with Crippen molar-refractivity contribution < 1.29 is 9.15 Å². The molecule has 12 rings (SSSR count). The lowest BCUT2D eigenvalue weighted by molar-refractivity contribution is 0.269. The van der Waals surface area contributed by atoms with Gasteiger partial charge in [0.15, 0.2) is 0 Å². The number of nitrogens with zero attached hydrogens (tertiary/aromatic N) is 7. The third kappa shape index (κ3) is 5.47. The number of para-hydroxylation sites is 1. The first-order valence-corrected chi connectivity index (χ1v) is 29.3. The molecular formula is C48H41N7O2Si3. The van der Waals surface area contributed by atoms with Gasteiger partial charge in [0.2, 0.25) is 0 Å². The number of rotatable bonds is 5. The maximum atomic E-state index is 6.34. The predicted octanol–water partition coefficient (Wildman–Crippen LogP) is 8.22. The molecule has 292 valence electrons. The van der Waals surface area contributed by atoms with Gasteiger partial charge in [-0.25, -0.2) is 0 Å². The molecule has 4 aliphatic heterocycles. The first kappa shape index (κ1) is 35.6. The zero-order valence-electron chi connectivity index (χ0n) is 34.2. The van der Waals surface area contributed by atoms with Gasteiger partial charge in [-0.2, -0.15) is 0 Å². The van der Waals surface area contributed by atoms with Gasteiger partial charge in [-0.15, -0.1) is 0 Å². The Morgan fingerprint density at radius 2 is 1.10 bits per heavy atom. The zero-order valence-corrected chi connectivity index (χ0v) is 37.2. The molecule has 0 spiro atoms. The molecule has 6 aromatic carbocycles. The number of hydrogen-bond donors (Lipinski definition) is 0. The zero-order chi connectivity index (χ0) is 40.7. The highest BCUT2D eigenvalue weighted by Gasteiger charge is 2.35. The fraction of sp³-hybridized carbons (Fsp3) is 0.167. The van der Waals surface area contributed by atoms with E-state index < -0.39 is 25.2 Å². The molecular weight excluding hydrogens is 791 g/mol. The molecule has 1 aliphatic carbocycles. The average Bonchev–Trinajstić information content (AvgIpc) is 4.02. The number of hydrogen-bond acceptors (Lipinski definition) is 9. The Labute approximate surface area is 349 Å². The van der Waals surface area contributed by atoms with Gasteiger partial charge in [-0.3, -0.25) is 27.9 Å². The van der Waals surface area contributed by atoms with Crippen LogP contribution in [0.25, 0.3) is 44.2 Å². The van der Waals surface area contributed by atoms with E-state index in [4.69, 9.17) is 37.1 Å². The summed E-state index contributed by atoms with van der Waals surface area (Å²) in [4.78, 5) is 2.33. The fourth-order valence-electron chi connectivity index (χ4n) is 9.55. The summed E-state index contributed by atoms with van der Waals surface area (Å²) in [6.07, 6.45) is 8.59. The minimum Gasteiger partial charge on any atom is -0.485 e. The van der Waals surface area contributed by atoms with Crippen LogP contribution in [-0.4, -0.2) is 31.3 Å². The molecule has 0 radical (unpaired) electrons. The largest absolute Gasteiger partial charge is 0.485 e. The van der Waals surface area contributed by atoms with Crippen LogP contribution in [-0.2, 0) is 0 Å². The SMILES string of the molecule is C[Si]1(C)N=c2cccc(N(c3ccc(-c4ccc5c(c4)C4C=CC=CC4O5)c4c3=N[Si](C)(C)N=4)c3ccc(-c4ccc5oc6ccccc6c5c4)c4c3=N[Si](C)(C)N=4)c2=N1. The van der Waals surface area contributed by atoms with Crippen LogP contribution in [0.15, 0.2) is 160 Å². The predicted molar refractivity (Wildman–Crippen MR) is 244 cm³/mol. The van der Waals surface area contributed by atoms with Gasteiger partial charge in [-0.05, 0) is 111 Å². The number of furan rings is 1. The lowest BCUT2D eigenvalue weighted by atomic mass is 9.90. The van der Waals surface area contributed by atoms with Crippen LogP contribution in [0.1, 0.15) is 11.5 Å². The van der Waals surface area contributed by atoms with Crippen molar-refractivity contribution in [2.75, 3.05) is 4.90 Å². The molecule has 12 heteroatoms. The number of ether oxygens (including phenoxy) is 1. The summed E-state index contributed by atoms with van der Waals surface area (Å²) in [5, 5.41) is 7.64. The van der Waals surface area contributed by atoms with E-state index in [0.717, 1.165) is 99.1 Å². The van der Waals surface area contributed by atoms with Gasteiger partial charge >= 0.3 is 0 Å². The number of fused-ring (bicyclic) bond motifs is 9. The van der Waals surface area contributed by atoms with E-state index in [9.17, 15) is 0 Å². The quantitative estimate of drug-likeness (QED) is 0.164. The molecule has 0 saturated heterocycles. The van der Waals surface area contributed by atoms with Crippen molar-refractivity contribution in [2.24, 2.45) is 27.9 Å². The molecule has 5 heterocycles. The third-order valence-electron chi connectivity index (χ3n) is 12.0. The van der Waals surface area contributed by atoms with E-state index in [1.165, 1.54) is 5.56 Å². The summed E-state index contributed by atoms with van der Waals surface area (Å²) in [6, 6.07) is 36.5. The van der Waals surface area contributed by atoms with Crippen molar-refractivity contribution >= 4 is 64.2 Å². The molecule has 1 aromatic heterocycles. The Balaban J connectivity index is 1.10. The smallest absolute Gasteiger partial charge is 0.298 e. The van der Waals surface area contributed by atoms with Crippen molar-refractivity contribution in [3.05, 3.63) is 165 Å². The number of benzene rings is 6. The van der Waals surface area contributed by atoms with Crippen molar-refractivity contribution in [3.63, 3.8) is 0 Å². The first-order valence-electron chi connectivity index (χ1n) is 20.6. The van der Waals surface area contributed by atoms with Gasteiger partial charge in [0.25, 0.3) is 25.2 Å². The van der Waals surface area contributed by atoms with Gasteiger partial charge in [-0.1, -0.05) is 66.8 Å². The molecule has 0 N–H and O–H groups in total. The van der Waals surface area contributed by atoms with E-state index >= 15 is 0 Å². The molecule has 0 fully saturated rings. The molecule has 60 heavy (non-hydrogen) atoms. The lowest BCUT2D eigenvalue weighted by Crippen LogP contribution is -2.38. The third-order valence-corrected chi connectivity index (χ3v) is 16.7. The van der Waals surface area contributed by atoms with Crippen LogP contribution in [0.5, 0.6) is 5.75 Å². The Morgan fingerprint density at radius 1 is 0.500 bits per heavy atom. The highest BCUT2D eigenvalue weighted by Crippen LogP contribution is 2.43. The van der Waals surface area contributed by atoms with Crippen molar-refractivity contribution in [2.45, 2.75) is 51.3 Å². The minimum atomic E-state index is -2.42. The Morgan fingerprint density at radius 3 is 1.85 bits per heavy atom. The van der Waals surface area contributed by atoms with Crippen LogP contribution in [0.3, 0.4) is 0 Å². The maximum Gasteiger partial charge on any atom is 0.298 e.